The van der Waals surface area contributed by atoms with Crippen LogP contribution < -0.4 is 5.32 Å². The maximum Gasteiger partial charge on any atom is 0.144 e. The SMILES string of the molecule is N#Cc1cc2c(nc1NCC1(CO)CC1)CCCC2. The highest BCUT2D eigenvalue weighted by molar-refractivity contribution is 5.55. The highest BCUT2D eigenvalue weighted by atomic mass is 16.3. The maximum atomic E-state index is 9.33. The van der Waals surface area contributed by atoms with Crippen LogP contribution in [0.1, 0.15) is 42.5 Å². The fourth-order valence-electron chi connectivity index (χ4n) is 2.69. The number of hydrogen-bond donors (Lipinski definition) is 2. The minimum atomic E-state index is 0.0321. The Labute approximate surface area is 113 Å². The van der Waals surface area contributed by atoms with Gasteiger partial charge in [0, 0.05) is 17.7 Å². The van der Waals surface area contributed by atoms with E-state index < -0.39 is 0 Å². The van der Waals surface area contributed by atoms with E-state index in [-0.39, 0.29) is 12.0 Å². The maximum absolute atomic E-state index is 9.33. The van der Waals surface area contributed by atoms with Crippen LogP contribution in [-0.4, -0.2) is 23.2 Å². The number of nitrogens with one attached hydrogen (secondary N) is 1. The molecule has 0 saturated heterocycles. The number of pyridine rings is 1. The average Bonchev–Trinajstić information content (AvgIpc) is 3.24. The lowest BCUT2D eigenvalue weighted by molar-refractivity contribution is 0.219. The molecule has 0 bridgehead atoms. The van der Waals surface area contributed by atoms with Gasteiger partial charge in [-0.2, -0.15) is 5.26 Å². The molecule has 1 aromatic heterocycles. The summed E-state index contributed by atoms with van der Waals surface area (Å²) in [6.45, 7) is 0.927. The summed E-state index contributed by atoms with van der Waals surface area (Å²) in [6.07, 6.45) is 6.55. The van der Waals surface area contributed by atoms with Crippen molar-refractivity contribution in [1.82, 2.24) is 4.98 Å². The lowest BCUT2D eigenvalue weighted by Gasteiger charge is -2.19. The van der Waals surface area contributed by atoms with Crippen molar-refractivity contribution in [3.63, 3.8) is 0 Å². The molecule has 0 aliphatic heterocycles. The summed E-state index contributed by atoms with van der Waals surface area (Å²) in [5.74, 6) is 0.697. The molecule has 0 atom stereocenters. The van der Waals surface area contributed by atoms with Gasteiger partial charge in [0.05, 0.1) is 12.2 Å². The summed E-state index contributed by atoms with van der Waals surface area (Å²) >= 11 is 0. The minimum absolute atomic E-state index is 0.0321. The molecule has 0 aromatic carbocycles. The molecule has 19 heavy (non-hydrogen) atoms. The molecule has 2 aliphatic rings. The number of aryl methyl sites for hydroxylation is 2. The first-order chi connectivity index (χ1) is 9.26. The fraction of sp³-hybridized carbons (Fsp3) is 0.600. The number of nitriles is 1. The first-order valence-electron chi connectivity index (χ1n) is 7.04. The van der Waals surface area contributed by atoms with Gasteiger partial charge in [-0.1, -0.05) is 0 Å². The highest BCUT2D eigenvalue weighted by Gasteiger charge is 2.41. The molecule has 1 heterocycles. The number of nitrogens with zero attached hydrogens (tertiary/aromatic N) is 2. The van der Waals surface area contributed by atoms with Crippen molar-refractivity contribution in [1.29, 1.82) is 5.26 Å². The van der Waals surface area contributed by atoms with Crippen LogP contribution in [0, 0.1) is 16.7 Å². The van der Waals surface area contributed by atoms with Gasteiger partial charge in [-0.05, 0) is 50.2 Å². The molecule has 100 valence electrons. The Morgan fingerprint density at radius 2 is 2.16 bits per heavy atom. The molecular formula is C15H19N3O. The van der Waals surface area contributed by atoms with Gasteiger partial charge in [-0.3, -0.25) is 0 Å². The van der Waals surface area contributed by atoms with Crippen molar-refractivity contribution < 1.29 is 5.11 Å². The van der Waals surface area contributed by atoms with Gasteiger partial charge in [-0.25, -0.2) is 4.98 Å². The molecule has 0 spiro atoms. The summed E-state index contributed by atoms with van der Waals surface area (Å²) in [6, 6.07) is 4.22. The van der Waals surface area contributed by atoms with Gasteiger partial charge in [0.15, 0.2) is 0 Å². The normalized spacial score (nSPS) is 19.4. The molecule has 1 aromatic rings. The van der Waals surface area contributed by atoms with Crippen molar-refractivity contribution in [3.05, 3.63) is 22.9 Å². The van der Waals surface area contributed by atoms with Crippen molar-refractivity contribution in [2.75, 3.05) is 18.5 Å². The van der Waals surface area contributed by atoms with Crippen molar-refractivity contribution in [2.24, 2.45) is 5.41 Å². The zero-order chi connectivity index (χ0) is 13.3. The van der Waals surface area contributed by atoms with Gasteiger partial charge in [-0.15, -0.1) is 0 Å². The number of aromatic nitrogens is 1. The molecule has 4 heteroatoms. The van der Waals surface area contributed by atoms with E-state index in [0.29, 0.717) is 17.9 Å². The topological polar surface area (TPSA) is 68.9 Å². The van der Waals surface area contributed by atoms with Crippen molar-refractivity contribution in [3.8, 4) is 6.07 Å². The molecule has 2 N–H and O–H groups in total. The van der Waals surface area contributed by atoms with Crippen LogP contribution in [0.3, 0.4) is 0 Å². The summed E-state index contributed by atoms with van der Waals surface area (Å²) in [4.78, 5) is 4.63. The molecule has 1 saturated carbocycles. The fourth-order valence-corrected chi connectivity index (χ4v) is 2.69. The van der Waals surface area contributed by atoms with Gasteiger partial charge >= 0.3 is 0 Å². The minimum Gasteiger partial charge on any atom is -0.396 e. The lowest BCUT2D eigenvalue weighted by atomic mass is 9.95. The number of rotatable bonds is 4. The highest BCUT2D eigenvalue weighted by Crippen LogP contribution is 2.45. The third-order valence-corrected chi connectivity index (χ3v) is 4.34. The van der Waals surface area contributed by atoms with Gasteiger partial charge < -0.3 is 10.4 Å². The zero-order valence-electron chi connectivity index (χ0n) is 11.1. The Balaban J connectivity index is 1.81. The second kappa shape index (κ2) is 4.82. The third kappa shape index (κ3) is 2.43. The predicted octanol–water partition coefficient (Wildman–Crippen LogP) is 2.02. The monoisotopic (exact) mass is 257 g/mol. The molecule has 1 fully saturated rings. The first-order valence-corrected chi connectivity index (χ1v) is 7.04. The smallest absolute Gasteiger partial charge is 0.144 e. The largest absolute Gasteiger partial charge is 0.396 e. The molecule has 3 rings (SSSR count). The van der Waals surface area contributed by atoms with E-state index in [9.17, 15) is 10.4 Å². The first kappa shape index (κ1) is 12.4. The third-order valence-electron chi connectivity index (χ3n) is 4.34. The predicted molar refractivity (Wildman–Crippen MR) is 72.8 cm³/mol. The quantitative estimate of drug-likeness (QED) is 0.865. The Morgan fingerprint density at radius 3 is 2.84 bits per heavy atom. The Hall–Kier alpha value is -1.60. The van der Waals surface area contributed by atoms with Gasteiger partial charge in [0.25, 0.3) is 0 Å². The second-order valence-electron chi connectivity index (χ2n) is 5.82. The van der Waals surface area contributed by atoms with E-state index in [4.69, 9.17) is 0 Å². The summed E-state index contributed by atoms with van der Waals surface area (Å²) in [5, 5.41) is 21.8. The van der Waals surface area contributed by atoms with Crippen LogP contribution in [0.5, 0.6) is 0 Å². The van der Waals surface area contributed by atoms with Crippen LogP contribution in [0.25, 0.3) is 0 Å². The molecule has 0 unspecified atom stereocenters. The van der Waals surface area contributed by atoms with E-state index in [0.717, 1.165) is 31.4 Å². The van der Waals surface area contributed by atoms with E-state index in [1.807, 2.05) is 6.07 Å². The Morgan fingerprint density at radius 1 is 1.37 bits per heavy atom. The number of hydrogen-bond acceptors (Lipinski definition) is 4. The number of anilines is 1. The van der Waals surface area contributed by atoms with Gasteiger partial charge in [0.2, 0.25) is 0 Å². The lowest BCUT2D eigenvalue weighted by Crippen LogP contribution is -2.21. The molecule has 2 aliphatic carbocycles. The Kier molecular flexibility index (Phi) is 3.16. The van der Waals surface area contributed by atoms with Crippen LogP contribution >= 0.6 is 0 Å². The number of fused-ring (bicyclic) bond motifs is 1. The van der Waals surface area contributed by atoms with Crippen LogP contribution in [0.2, 0.25) is 0 Å². The zero-order valence-corrected chi connectivity index (χ0v) is 11.1. The molecule has 0 radical (unpaired) electrons. The average molecular weight is 257 g/mol. The second-order valence-corrected chi connectivity index (χ2v) is 5.82. The summed E-state index contributed by atoms with van der Waals surface area (Å²) < 4.78 is 0. The number of aliphatic hydroxyl groups is 1. The van der Waals surface area contributed by atoms with Crippen LogP contribution in [-0.2, 0) is 12.8 Å². The van der Waals surface area contributed by atoms with E-state index in [1.54, 1.807) is 0 Å². The van der Waals surface area contributed by atoms with E-state index in [1.165, 1.54) is 18.4 Å². The molecular weight excluding hydrogens is 238 g/mol. The number of aliphatic hydroxyl groups excluding tert-OH is 1. The summed E-state index contributed by atoms with van der Waals surface area (Å²) in [5.41, 5.74) is 3.04. The summed E-state index contributed by atoms with van der Waals surface area (Å²) in [7, 11) is 0. The van der Waals surface area contributed by atoms with E-state index >= 15 is 0 Å². The van der Waals surface area contributed by atoms with Crippen molar-refractivity contribution >= 4 is 5.82 Å². The van der Waals surface area contributed by atoms with Crippen LogP contribution in [0.15, 0.2) is 6.07 Å². The van der Waals surface area contributed by atoms with Crippen molar-refractivity contribution in [2.45, 2.75) is 38.5 Å². The Bertz CT molecular complexity index is 529. The molecule has 0 amide bonds. The van der Waals surface area contributed by atoms with Gasteiger partial charge in [0.1, 0.15) is 11.9 Å². The van der Waals surface area contributed by atoms with E-state index in [2.05, 4.69) is 16.4 Å². The standard InChI is InChI=1S/C15H19N3O/c16-8-12-7-11-3-1-2-4-13(11)18-14(12)17-9-15(10-19)5-6-15/h7,19H,1-6,9-10H2,(H,17,18). The molecule has 4 nitrogen and oxygen atoms in total. The van der Waals surface area contributed by atoms with Crippen LogP contribution in [0.4, 0.5) is 5.82 Å².